The lowest BCUT2D eigenvalue weighted by atomic mass is 10.2. The monoisotopic (exact) mass is 354 g/mol. The Morgan fingerprint density at radius 3 is 2.89 bits per heavy atom. The van der Waals surface area contributed by atoms with Gasteiger partial charge >= 0.3 is 0 Å². The van der Waals surface area contributed by atoms with E-state index in [0.717, 1.165) is 14.7 Å². The molecule has 0 aliphatic carbocycles. The highest BCUT2D eigenvalue weighted by atomic mass is 79.9. The normalized spacial score (nSPS) is 10.8. The van der Waals surface area contributed by atoms with Crippen LogP contribution < -0.4 is 10.5 Å². The van der Waals surface area contributed by atoms with E-state index in [-0.39, 0.29) is 0 Å². The minimum absolute atomic E-state index is 0.523. The second-order valence-corrected chi connectivity index (χ2v) is 6.06. The van der Waals surface area contributed by atoms with Crippen molar-refractivity contribution in [2.75, 3.05) is 5.73 Å². The van der Waals surface area contributed by atoms with Crippen molar-refractivity contribution in [2.24, 2.45) is 0 Å². The Morgan fingerprint density at radius 2 is 2.05 bits per heavy atom. The molecule has 0 bridgehead atoms. The van der Waals surface area contributed by atoms with Gasteiger partial charge in [-0.05, 0) is 30.3 Å². The summed E-state index contributed by atoms with van der Waals surface area (Å²) in [7, 11) is 0. The van der Waals surface area contributed by atoms with Gasteiger partial charge in [-0.1, -0.05) is 27.5 Å². The van der Waals surface area contributed by atoms with E-state index in [1.807, 2.05) is 18.2 Å². The Balaban J connectivity index is 2.05. The van der Waals surface area contributed by atoms with E-state index in [1.54, 1.807) is 29.0 Å². The summed E-state index contributed by atoms with van der Waals surface area (Å²) in [6.45, 7) is 0. The first-order valence-electron chi connectivity index (χ1n) is 5.40. The molecule has 0 aliphatic rings. The predicted octanol–water partition coefficient (Wildman–Crippen LogP) is 5.09. The van der Waals surface area contributed by atoms with Crippen LogP contribution in [-0.4, -0.2) is 4.98 Å². The fourth-order valence-electron chi connectivity index (χ4n) is 1.70. The zero-order valence-electron chi connectivity index (χ0n) is 9.56. The van der Waals surface area contributed by atoms with Crippen LogP contribution in [0.5, 0.6) is 11.5 Å². The third-order valence-corrected chi connectivity index (χ3v) is 4.21. The molecule has 96 valence electrons. The SMILES string of the molecule is Nc1c(Oc2cc(Br)ccc2Cl)ccc2scnc12. The highest BCUT2D eigenvalue weighted by molar-refractivity contribution is 9.10. The van der Waals surface area contributed by atoms with Gasteiger partial charge in [0.25, 0.3) is 0 Å². The number of thiazole rings is 1. The summed E-state index contributed by atoms with van der Waals surface area (Å²) in [5, 5.41) is 0.529. The zero-order chi connectivity index (χ0) is 13.4. The third kappa shape index (κ3) is 2.41. The van der Waals surface area contributed by atoms with Crippen LogP contribution in [-0.2, 0) is 0 Å². The summed E-state index contributed by atoms with van der Waals surface area (Å²) in [6.07, 6.45) is 0. The topological polar surface area (TPSA) is 48.1 Å². The summed E-state index contributed by atoms with van der Waals surface area (Å²) in [5.74, 6) is 1.11. The number of rotatable bonds is 2. The maximum atomic E-state index is 6.10. The largest absolute Gasteiger partial charge is 0.454 e. The lowest BCUT2D eigenvalue weighted by molar-refractivity contribution is 0.485. The van der Waals surface area contributed by atoms with E-state index in [1.165, 1.54) is 0 Å². The molecule has 0 radical (unpaired) electrons. The highest BCUT2D eigenvalue weighted by Crippen LogP contribution is 2.37. The van der Waals surface area contributed by atoms with E-state index in [2.05, 4.69) is 20.9 Å². The fraction of sp³-hybridized carbons (Fsp3) is 0. The third-order valence-electron chi connectivity index (χ3n) is 2.61. The van der Waals surface area contributed by atoms with Crippen molar-refractivity contribution < 1.29 is 4.74 Å². The highest BCUT2D eigenvalue weighted by Gasteiger charge is 2.10. The van der Waals surface area contributed by atoms with Crippen LogP contribution in [0.1, 0.15) is 0 Å². The molecule has 0 unspecified atom stereocenters. The van der Waals surface area contributed by atoms with Crippen LogP contribution >= 0.6 is 38.9 Å². The molecule has 0 aliphatic heterocycles. The Kier molecular flexibility index (Phi) is 3.35. The number of halogens is 2. The van der Waals surface area contributed by atoms with Crippen molar-refractivity contribution in [3.63, 3.8) is 0 Å². The maximum absolute atomic E-state index is 6.10. The Labute approximate surface area is 127 Å². The molecule has 2 N–H and O–H groups in total. The smallest absolute Gasteiger partial charge is 0.152 e. The van der Waals surface area contributed by atoms with Crippen LogP contribution in [0, 0.1) is 0 Å². The van der Waals surface area contributed by atoms with Crippen molar-refractivity contribution >= 4 is 54.8 Å². The van der Waals surface area contributed by atoms with Crippen LogP contribution in [0.2, 0.25) is 5.02 Å². The lowest BCUT2D eigenvalue weighted by Gasteiger charge is -2.10. The minimum atomic E-state index is 0.523. The molecule has 1 aromatic heterocycles. The van der Waals surface area contributed by atoms with Crippen molar-refractivity contribution in [2.45, 2.75) is 0 Å². The number of benzene rings is 2. The molecular formula is C13H8BrClN2OS. The van der Waals surface area contributed by atoms with Gasteiger partial charge in [-0.25, -0.2) is 4.98 Å². The lowest BCUT2D eigenvalue weighted by Crippen LogP contribution is -1.93. The molecule has 0 amide bonds. The number of nitrogens with zero attached hydrogens (tertiary/aromatic N) is 1. The molecule has 19 heavy (non-hydrogen) atoms. The number of hydrogen-bond donors (Lipinski definition) is 1. The first kappa shape index (κ1) is 12.7. The molecule has 3 nitrogen and oxygen atoms in total. The fourth-order valence-corrected chi connectivity index (χ4v) is 2.89. The van der Waals surface area contributed by atoms with Crippen molar-refractivity contribution in [1.29, 1.82) is 0 Å². The van der Waals surface area contributed by atoms with Gasteiger partial charge in [-0.3, -0.25) is 0 Å². The summed E-state index contributed by atoms with van der Waals surface area (Å²) in [5.41, 5.74) is 9.11. The quantitative estimate of drug-likeness (QED) is 0.652. The molecule has 3 rings (SSSR count). The average molecular weight is 356 g/mol. The number of hydrogen-bond acceptors (Lipinski definition) is 4. The number of anilines is 1. The van der Waals surface area contributed by atoms with E-state index < -0.39 is 0 Å². The number of fused-ring (bicyclic) bond motifs is 1. The number of aromatic nitrogens is 1. The van der Waals surface area contributed by atoms with Gasteiger partial charge in [0, 0.05) is 4.47 Å². The van der Waals surface area contributed by atoms with E-state index >= 15 is 0 Å². The molecule has 0 spiro atoms. The summed E-state index contributed by atoms with van der Waals surface area (Å²) < 4.78 is 7.70. The maximum Gasteiger partial charge on any atom is 0.152 e. The van der Waals surface area contributed by atoms with Crippen LogP contribution in [0.4, 0.5) is 5.69 Å². The number of nitrogen functional groups attached to an aromatic ring is 1. The molecule has 0 saturated carbocycles. The predicted molar refractivity (Wildman–Crippen MR) is 83.3 cm³/mol. The molecular weight excluding hydrogens is 348 g/mol. The second-order valence-electron chi connectivity index (χ2n) is 3.85. The zero-order valence-corrected chi connectivity index (χ0v) is 12.7. The first-order chi connectivity index (χ1) is 9.15. The van der Waals surface area contributed by atoms with Crippen molar-refractivity contribution in [3.05, 3.63) is 45.3 Å². The molecule has 0 atom stereocenters. The molecule has 3 aromatic rings. The van der Waals surface area contributed by atoms with Gasteiger partial charge in [-0.2, -0.15) is 0 Å². The van der Waals surface area contributed by atoms with Crippen molar-refractivity contribution in [1.82, 2.24) is 4.98 Å². The minimum Gasteiger partial charge on any atom is -0.454 e. The van der Waals surface area contributed by atoms with Gasteiger partial charge in [0.15, 0.2) is 5.75 Å². The van der Waals surface area contributed by atoms with Crippen molar-refractivity contribution in [3.8, 4) is 11.5 Å². The van der Waals surface area contributed by atoms with Crippen LogP contribution in [0.25, 0.3) is 10.2 Å². The standard InChI is InChI=1S/C13H8BrClN2OS/c14-7-1-2-8(15)10(5-7)18-9-3-4-11-13(12(9)16)17-6-19-11/h1-6H,16H2. The van der Waals surface area contributed by atoms with Gasteiger partial charge < -0.3 is 10.5 Å². The summed E-state index contributed by atoms with van der Waals surface area (Å²) in [6, 6.07) is 9.17. The molecule has 0 fully saturated rings. The molecule has 2 aromatic carbocycles. The number of nitrogens with two attached hydrogens (primary N) is 1. The summed E-state index contributed by atoms with van der Waals surface area (Å²) >= 11 is 11.0. The van der Waals surface area contributed by atoms with Gasteiger partial charge in [-0.15, -0.1) is 11.3 Å². The van der Waals surface area contributed by atoms with Gasteiger partial charge in [0.05, 0.1) is 15.2 Å². The summed E-state index contributed by atoms with van der Waals surface area (Å²) in [4.78, 5) is 4.23. The number of ether oxygens (including phenoxy) is 1. The average Bonchev–Trinajstić information content (AvgIpc) is 2.86. The van der Waals surface area contributed by atoms with Gasteiger partial charge in [0.1, 0.15) is 17.0 Å². The Hall–Kier alpha value is -1.30. The molecule has 0 saturated heterocycles. The second kappa shape index (κ2) is 5.00. The molecule has 6 heteroatoms. The van der Waals surface area contributed by atoms with Crippen LogP contribution in [0.15, 0.2) is 40.3 Å². The molecule has 1 heterocycles. The van der Waals surface area contributed by atoms with Crippen LogP contribution in [0.3, 0.4) is 0 Å². The Morgan fingerprint density at radius 1 is 1.21 bits per heavy atom. The van der Waals surface area contributed by atoms with E-state index in [9.17, 15) is 0 Å². The van der Waals surface area contributed by atoms with E-state index in [4.69, 9.17) is 22.1 Å². The van der Waals surface area contributed by atoms with E-state index in [0.29, 0.717) is 22.2 Å². The van der Waals surface area contributed by atoms with Gasteiger partial charge in [0.2, 0.25) is 0 Å². The first-order valence-corrected chi connectivity index (χ1v) is 7.45. The Bertz CT molecular complexity index is 759.